The smallest absolute Gasteiger partial charge is 0.248 e. The second kappa shape index (κ2) is 9.69. The first-order valence-corrected chi connectivity index (χ1v) is 12.7. The van der Waals surface area contributed by atoms with Crippen molar-refractivity contribution < 1.29 is 14.7 Å². The van der Waals surface area contributed by atoms with Gasteiger partial charge >= 0.3 is 0 Å². The van der Waals surface area contributed by atoms with E-state index in [2.05, 4.69) is 30.6 Å². The van der Waals surface area contributed by atoms with Gasteiger partial charge < -0.3 is 25.6 Å². The van der Waals surface area contributed by atoms with Crippen LogP contribution in [0.3, 0.4) is 0 Å². The predicted octanol–water partition coefficient (Wildman–Crippen LogP) is 0.633. The highest BCUT2D eigenvalue weighted by atomic mass is 16.3. The van der Waals surface area contributed by atoms with E-state index in [1.807, 2.05) is 31.5 Å². The average Bonchev–Trinajstić information content (AvgIpc) is 3.23. The van der Waals surface area contributed by atoms with Crippen LogP contribution < -0.4 is 11.1 Å². The van der Waals surface area contributed by atoms with Crippen LogP contribution in [0.25, 0.3) is 11.2 Å². The number of nitrogens with two attached hydrogens (primary N) is 1. The number of aryl methyl sites for hydroxylation is 1. The quantitative estimate of drug-likeness (QED) is 0.368. The molecule has 198 valence electrons. The van der Waals surface area contributed by atoms with E-state index in [9.17, 15) is 14.7 Å². The first-order valence-electron chi connectivity index (χ1n) is 12.7. The Kier molecular flexibility index (Phi) is 6.56. The molecule has 0 unspecified atom stereocenters. The van der Waals surface area contributed by atoms with Crippen molar-refractivity contribution in [3.05, 3.63) is 24.5 Å². The number of hydrogen-bond acceptors (Lipinski definition) is 9. The van der Waals surface area contributed by atoms with Gasteiger partial charge in [0.25, 0.3) is 0 Å². The van der Waals surface area contributed by atoms with Gasteiger partial charge in [-0.05, 0) is 24.7 Å². The molecule has 4 N–H and O–H groups in total. The van der Waals surface area contributed by atoms with E-state index in [4.69, 9.17) is 5.73 Å². The van der Waals surface area contributed by atoms with Gasteiger partial charge in [-0.25, -0.2) is 19.6 Å². The lowest BCUT2D eigenvalue weighted by Crippen LogP contribution is -2.50. The Hall–Kier alpha value is -3.61. The number of aliphatic hydroxyl groups excluding tert-OH is 1. The number of nitrogens with zero attached hydrogens (tertiary/aromatic N) is 8. The molecule has 4 heterocycles. The van der Waals surface area contributed by atoms with Crippen molar-refractivity contribution in [2.45, 2.75) is 77.1 Å². The fourth-order valence-electron chi connectivity index (χ4n) is 4.97. The van der Waals surface area contributed by atoms with E-state index in [-0.39, 0.29) is 24.8 Å². The second-order valence-corrected chi connectivity index (χ2v) is 11.1. The highest BCUT2D eigenvalue weighted by Crippen LogP contribution is 2.40. The zero-order valence-electron chi connectivity index (χ0n) is 21.4. The standard InChI is InChI=1S/C24H34N10O3/c1-24(2,3)19(34-11-16(30-31-34)14-5-6-14)23(37)33-10-15(35)9-17(33)22(36)26-7-4-8-32-13-29-18-20(25)27-12-28-21(18)32/h11-15,17,19,35H,4-10H2,1-3H3,(H,26,36)(H2,25,27,28)/t15-,17-,19-/m1/s1. The van der Waals surface area contributed by atoms with Crippen LogP contribution in [0, 0.1) is 5.41 Å². The number of amides is 2. The topological polar surface area (TPSA) is 170 Å². The summed E-state index contributed by atoms with van der Waals surface area (Å²) in [6.45, 7) is 6.97. The summed E-state index contributed by atoms with van der Waals surface area (Å²) < 4.78 is 3.48. The van der Waals surface area contributed by atoms with E-state index in [0.717, 1.165) is 18.5 Å². The largest absolute Gasteiger partial charge is 0.391 e. The Morgan fingerprint density at radius 2 is 2.03 bits per heavy atom. The number of aromatic nitrogens is 7. The first-order chi connectivity index (χ1) is 17.6. The summed E-state index contributed by atoms with van der Waals surface area (Å²) in [6, 6.07) is -1.39. The van der Waals surface area contributed by atoms with Crippen LogP contribution >= 0.6 is 0 Å². The lowest BCUT2D eigenvalue weighted by atomic mass is 9.85. The van der Waals surface area contributed by atoms with Crippen molar-refractivity contribution >= 4 is 28.8 Å². The summed E-state index contributed by atoms with van der Waals surface area (Å²) in [7, 11) is 0. The van der Waals surface area contributed by atoms with Crippen molar-refractivity contribution in [2.24, 2.45) is 5.41 Å². The molecule has 1 aliphatic carbocycles. The molecule has 2 aliphatic rings. The van der Waals surface area contributed by atoms with Crippen molar-refractivity contribution in [1.29, 1.82) is 0 Å². The number of nitrogens with one attached hydrogen (secondary N) is 1. The van der Waals surface area contributed by atoms with E-state index in [1.54, 1.807) is 11.0 Å². The molecule has 2 amide bonds. The van der Waals surface area contributed by atoms with E-state index in [1.165, 1.54) is 11.2 Å². The Morgan fingerprint density at radius 3 is 2.76 bits per heavy atom. The molecule has 3 atom stereocenters. The maximum absolute atomic E-state index is 13.8. The van der Waals surface area contributed by atoms with Crippen LogP contribution in [-0.2, 0) is 16.1 Å². The Morgan fingerprint density at radius 1 is 1.24 bits per heavy atom. The zero-order chi connectivity index (χ0) is 26.3. The molecule has 2 fully saturated rings. The molecule has 1 aliphatic heterocycles. The summed E-state index contributed by atoms with van der Waals surface area (Å²) in [5.74, 6) is 0.224. The normalized spacial score (nSPS) is 20.9. The Bertz CT molecular complexity index is 1290. The summed E-state index contributed by atoms with van der Waals surface area (Å²) in [6.07, 6.45) is 7.13. The number of carbonyl (C=O) groups excluding carboxylic acids is 2. The monoisotopic (exact) mass is 510 g/mol. The molecule has 0 radical (unpaired) electrons. The molecule has 5 rings (SSSR count). The van der Waals surface area contributed by atoms with E-state index < -0.39 is 23.6 Å². The van der Waals surface area contributed by atoms with Gasteiger partial charge in [0.05, 0.1) is 18.1 Å². The third kappa shape index (κ3) is 5.13. The molecule has 13 heteroatoms. The summed E-state index contributed by atoms with van der Waals surface area (Å²) in [5.41, 5.74) is 7.45. The molecule has 37 heavy (non-hydrogen) atoms. The molecule has 3 aromatic rings. The van der Waals surface area contributed by atoms with Crippen molar-refractivity contribution in [2.75, 3.05) is 18.8 Å². The van der Waals surface area contributed by atoms with Gasteiger partial charge in [0.2, 0.25) is 11.8 Å². The Labute approximate surface area is 214 Å². The fourth-order valence-corrected chi connectivity index (χ4v) is 4.97. The van der Waals surface area contributed by atoms with Gasteiger partial charge in [0.15, 0.2) is 11.5 Å². The third-order valence-corrected chi connectivity index (χ3v) is 7.01. The van der Waals surface area contributed by atoms with Crippen LogP contribution in [0.2, 0.25) is 0 Å². The van der Waals surface area contributed by atoms with Crippen LogP contribution in [0.15, 0.2) is 18.9 Å². The maximum atomic E-state index is 13.8. The van der Waals surface area contributed by atoms with Gasteiger partial charge in [-0.15, -0.1) is 5.10 Å². The van der Waals surface area contributed by atoms with Crippen molar-refractivity contribution in [3.8, 4) is 0 Å². The SMILES string of the molecule is CC(C)(C)[C@@H](C(=O)N1C[C@H](O)C[C@@H]1C(=O)NCCCn1cnc2c(N)ncnc21)n1cc(C2CC2)nn1. The molecular weight excluding hydrogens is 476 g/mol. The summed E-state index contributed by atoms with van der Waals surface area (Å²) in [4.78, 5) is 40.8. The highest BCUT2D eigenvalue weighted by Gasteiger charge is 2.45. The summed E-state index contributed by atoms with van der Waals surface area (Å²) in [5, 5.41) is 21.9. The lowest BCUT2D eigenvalue weighted by Gasteiger charge is -2.34. The minimum atomic E-state index is -0.763. The number of imidazole rings is 1. The average molecular weight is 511 g/mol. The fraction of sp³-hybridized carbons (Fsp3) is 0.625. The molecule has 0 aromatic carbocycles. The van der Waals surface area contributed by atoms with E-state index >= 15 is 0 Å². The molecule has 1 saturated carbocycles. The number of hydrogen-bond donors (Lipinski definition) is 3. The number of fused-ring (bicyclic) bond motifs is 1. The highest BCUT2D eigenvalue weighted by molar-refractivity contribution is 5.90. The van der Waals surface area contributed by atoms with Crippen molar-refractivity contribution in [3.63, 3.8) is 0 Å². The molecule has 3 aromatic heterocycles. The number of anilines is 1. The predicted molar refractivity (Wildman–Crippen MR) is 134 cm³/mol. The maximum Gasteiger partial charge on any atom is 0.248 e. The number of rotatable bonds is 8. The van der Waals surface area contributed by atoms with Crippen LogP contribution in [-0.4, -0.2) is 81.6 Å². The first kappa shape index (κ1) is 25.1. The molecule has 0 spiro atoms. The van der Waals surface area contributed by atoms with E-state index in [0.29, 0.717) is 42.4 Å². The number of β-amino-alcohol motifs (C(OH)–C–C–N with tert-alkyl or cyclic N) is 1. The van der Waals surface area contributed by atoms with Crippen molar-refractivity contribution in [1.82, 2.24) is 44.7 Å². The molecule has 1 saturated heterocycles. The minimum Gasteiger partial charge on any atom is -0.391 e. The van der Waals surface area contributed by atoms with Crippen LogP contribution in [0.4, 0.5) is 5.82 Å². The van der Waals surface area contributed by atoms with Gasteiger partial charge in [0.1, 0.15) is 23.9 Å². The lowest BCUT2D eigenvalue weighted by molar-refractivity contribution is -0.144. The number of carbonyl (C=O) groups is 2. The van der Waals surface area contributed by atoms with Gasteiger partial charge in [-0.1, -0.05) is 26.0 Å². The minimum absolute atomic E-state index is 0.107. The molecule has 0 bridgehead atoms. The Balaban J connectivity index is 1.23. The third-order valence-electron chi connectivity index (χ3n) is 7.01. The molecule has 13 nitrogen and oxygen atoms in total. The van der Waals surface area contributed by atoms with Gasteiger partial charge in [0, 0.05) is 38.2 Å². The summed E-state index contributed by atoms with van der Waals surface area (Å²) >= 11 is 0. The number of aliphatic hydroxyl groups is 1. The van der Waals surface area contributed by atoms with Crippen LogP contribution in [0.1, 0.15) is 64.1 Å². The zero-order valence-corrected chi connectivity index (χ0v) is 21.4. The van der Waals surface area contributed by atoms with Gasteiger partial charge in [-0.2, -0.15) is 0 Å². The van der Waals surface area contributed by atoms with Gasteiger partial charge in [-0.3, -0.25) is 9.59 Å². The number of likely N-dealkylation sites (tertiary alicyclic amines) is 1. The molecular formula is C24H34N10O3. The number of nitrogen functional groups attached to an aromatic ring is 1. The van der Waals surface area contributed by atoms with Crippen LogP contribution in [0.5, 0.6) is 0 Å². The second-order valence-electron chi connectivity index (χ2n) is 11.1.